The first-order chi connectivity index (χ1) is 11.5. The van der Waals surface area contributed by atoms with E-state index in [0.717, 1.165) is 5.56 Å². The second-order valence-electron chi connectivity index (χ2n) is 5.11. The molecule has 0 atom stereocenters. The van der Waals surface area contributed by atoms with E-state index in [0.29, 0.717) is 22.0 Å². The normalized spacial score (nSPS) is 10.3. The third-order valence-corrected chi connectivity index (χ3v) is 4.13. The molecule has 0 fully saturated rings. The lowest BCUT2D eigenvalue weighted by Crippen LogP contribution is -2.42. The Balaban J connectivity index is 1.75. The van der Waals surface area contributed by atoms with Crippen molar-refractivity contribution in [2.75, 3.05) is 0 Å². The molecule has 0 unspecified atom stereocenters. The fourth-order valence-electron chi connectivity index (χ4n) is 2.02. The molecule has 4 nitrogen and oxygen atoms in total. The molecule has 2 aromatic carbocycles. The topological polar surface area (TPSA) is 58.2 Å². The van der Waals surface area contributed by atoms with Gasteiger partial charge in [-0.2, -0.15) is 0 Å². The predicted molar refractivity (Wildman–Crippen MR) is 91.2 cm³/mol. The molecular weight excluding hydrogens is 354 g/mol. The Morgan fingerprint density at radius 2 is 1.62 bits per heavy atom. The van der Waals surface area contributed by atoms with Crippen LogP contribution in [0.25, 0.3) is 0 Å². The lowest BCUT2D eigenvalue weighted by molar-refractivity contribution is -0.128. The maximum absolute atomic E-state index is 12.8. The summed E-state index contributed by atoms with van der Waals surface area (Å²) in [6, 6.07) is 10.8. The van der Waals surface area contributed by atoms with E-state index in [9.17, 15) is 14.0 Å². The molecule has 0 aliphatic rings. The van der Waals surface area contributed by atoms with E-state index >= 15 is 0 Å². The van der Waals surface area contributed by atoms with E-state index in [1.54, 1.807) is 18.2 Å². The molecule has 0 spiro atoms. The van der Waals surface area contributed by atoms with Crippen molar-refractivity contribution in [2.24, 2.45) is 0 Å². The highest BCUT2D eigenvalue weighted by atomic mass is 35.5. The van der Waals surface area contributed by atoms with Crippen molar-refractivity contribution in [1.82, 2.24) is 10.9 Å². The smallest absolute Gasteiger partial charge is 0.242 e. The number of nitrogens with one attached hydrogen (secondary N) is 2. The van der Waals surface area contributed by atoms with Crippen molar-refractivity contribution < 1.29 is 14.0 Å². The summed E-state index contributed by atoms with van der Waals surface area (Å²) >= 11 is 12.0. The first-order valence-electron chi connectivity index (χ1n) is 7.20. The van der Waals surface area contributed by atoms with Crippen molar-refractivity contribution in [1.29, 1.82) is 0 Å². The molecule has 2 aromatic rings. The number of halogens is 3. The van der Waals surface area contributed by atoms with E-state index in [1.165, 1.54) is 24.3 Å². The van der Waals surface area contributed by atoms with Crippen LogP contribution >= 0.6 is 23.2 Å². The van der Waals surface area contributed by atoms with Gasteiger partial charge in [-0.25, -0.2) is 4.39 Å². The molecule has 24 heavy (non-hydrogen) atoms. The van der Waals surface area contributed by atoms with Crippen molar-refractivity contribution >= 4 is 35.0 Å². The van der Waals surface area contributed by atoms with Crippen LogP contribution in [-0.4, -0.2) is 11.8 Å². The molecule has 2 N–H and O–H groups in total. The molecule has 7 heteroatoms. The molecule has 2 rings (SSSR count). The molecule has 0 aliphatic heterocycles. The van der Waals surface area contributed by atoms with Crippen molar-refractivity contribution in [3.63, 3.8) is 0 Å². The molecule has 0 aromatic heterocycles. The minimum Gasteiger partial charge on any atom is -0.273 e. The van der Waals surface area contributed by atoms with Gasteiger partial charge in [0.05, 0.1) is 16.5 Å². The highest BCUT2D eigenvalue weighted by Gasteiger charge is 2.09. The Morgan fingerprint density at radius 1 is 0.958 bits per heavy atom. The number of hydrogen-bond acceptors (Lipinski definition) is 2. The van der Waals surface area contributed by atoms with Gasteiger partial charge in [-0.3, -0.25) is 20.4 Å². The van der Waals surface area contributed by atoms with Crippen LogP contribution in [0.3, 0.4) is 0 Å². The van der Waals surface area contributed by atoms with Crippen molar-refractivity contribution in [2.45, 2.75) is 19.3 Å². The minimum atomic E-state index is -0.393. The number of hydrazine groups is 1. The number of hydrogen-bond donors (Lipinski definition) is 2. The molecule has 0 aliphatic carbocycles. The van der Waals surface area contributed by atoms with Crippen LogP contribution < -0.4 is 10.9 Å². The van der Waals surface area contributed by atoms with Gasteiger partial charge in [-0.05, 0) is 35.7 Å². The summed E-state index contributed by atoms with van der Waals surface area (Å²) in [4.78, 5) is 23.5. The number of rotatable bonds is 5. The largest absolute Gasteiger partial charge is 0.273 e. The SMILES string of the molecule is O=C(CCc1cccc(Cl)c1Cl)NNC(=O)Cc1ccc(F)cc1. The first-order valence-corrected chi connectivity index (χ1v) is 7.96. The van der Waals surface area contributed by atoms with Crippen molar-refractivity contribution in [3.05, 3.63) is 69.5 Å². The van der Waals surface area contributed by atoms with Crippen LogP contribution in [0.5, 0.6) is 0 Å². The Hall–Kier alpha value is -2.11. The quantitative estimate of drug-likeness (QED) is 0.794. The van der Waals surface area contributed by atoms with Crippen LogP contribution in [0.2, 0.25) is 10.0 Å². The first kappa shape index (κ1) is 18.2. The standard InChI is InChI=1S/C17H15Cl2FN2O2/c18-14-3-1-2-12(17(14)19)6-9-15(23)21-22-16(24)10-11-4-7-13(20)8-5-11/h1-5,7-8H,6,9-10H2,(H,21,23)(H,22,24). The molecular formula is C17H15Cl2FN2O2. The van der Waals surface area contributed by atoms with Crippen LogP contribution in [0.1, 0.15) is 17.5 Å². The zero-order chi connectivity index (χ0) is 17.5. The second-order valence-corrected chi connectivity index (χ2v) is 5.90. The van der Waals surface area contributed by atoms with Gasteiger partial charge in [0.2, 0.25) is 11.8 Å². The summed E-state index contributed by atoms with van der Waals surface area (Å²) in [6.07, 6.45) is 0.594. The minimum absolute atomic E-state index is 0.0423. The Kier molecular flexibility index (Phi) is 6.58. The summed E-state index contributed by atoms with van der Waals surface area (Å²) < 4.78 is 12.8. The lowest BCUT2D eigenvalue weighted by Gasteiger charge is -2.08. The summed E-state index contributed by atoms with van der Waals surface area (Å²) in [5.74, 6) is -1.11. The zero-order valence-corrected chi connectivity index (χ0v) is 14.1. The molecule has 126 valence electrons. The third-order valence-electron chi connectivity index (χ3n) is 3.27. The van der Waals surface area contributed by atoms with Crippen LogP contribution in [0.15, 0.2) is 42.5 Å². The summed E-state index contributed by atoms with van der Waals surface area (Å²) in [5.41, 5.74) is 6.05. The summed E-state index contributed by atoms with van der Waals surface area (Å²) in [6.45, 7) is 0. The van der Waals surface area contributed by atoms with E-state index < -0.39 is 5.91 Å². The van der Waals surface area contributed by atoms with Crippen LogP contribution in [0.4, 0.5) is 4.39 Å². The maximum atomic E-state index is 12.8. The molecule has 0 bridgehead atoms. The summed E-state index contributed by atoms with van der Waals surface area (Å²) in [7, 11) is 0. The number of carbonyl (C=O) groups is 2. The van der Waals surface area contributed by atoms with Gasteiger partial charge in [-0.15, -0.1) is 0 Å². The Morgan fingerprint density at radius 3 is 2.33 bits per heavy atom. The lowest BCUT2D eigenvalue weighted by atomic mass is 10.1. The number of carbonyl (C=O) groups excluding carboxylic acids is 2. The van der Waals surface area contributed by atoms with E-state index in [1.807, 2.05) is 0 Å². The fraction of sp³-hybridized carbons (Fsp3) is 0.176. The average Bonchev–Trinajstić information content (AvgIpc) is 2.56. The second kappa shape index (κ2) is 8.66. The number of benzene rings is 2. The molecule has 0 heterocycles. The molecule has 2 amide bonds. The maximum Gasteiger partial charge on any atom is 0.242 e. The van der Waals surface area contributed by atoms with Gasteiger partial charge < -0.3 is 0 Å². The van der Waals surface area contributed by atoms with E-state index in [-0.39, 0.29) is 24.6 Å². The number of amides is 2. The monoisotopic (exact) mass is 368 g/mol. The molecule has 0 radical (unpaired) electrons. The fourth-order valence-corrected chi connectivity index (χ4v) is 2.44. The summed E-state index contributed by atoms with van der Waals surface area (Å²) in [5, 5.41) is 0.856. The van der Waals surface area contributed by atoms with E-state index in [2.05, 4.69) is 10.9 Å². The number of aryl methyl sites for hydroxylation is 1. The Labute approximate surface area is 148 Å². The highest BCUT2D eigenvalue weighted by Crippen LogP contribution is 2.26. The van der Waals surface area contributed by atoms with Gasteiger partial charge in [0, 0.05) is 6.42 Å². The van der Waals surface area contributed by atoms with Gasteiger partial charge in [0.1, 0.15) is 5.82 Å². The van der Waals surface area contributed by atoms with Gasteiger partial charge in [0.25, 0.3) is 0 Å². The van der Waals surface area contributed by atoms with Crippen LogP contribution in [0, 0.1) is 5.82 Å². The third kappa shape index (κ3) is 5.51. The predicted octanol–water partition coefficient (Wildman–Crippen LogP) is 3.46. The van der Waals surface area contributed by atoms with Gasteiger partial charge in [-0.1, -0.05) is 47.5 Å². The molecule has 0 saturated carbocycles. The van der Waals surface area contributed by atoms with Crippen molar-refractivity contribution in [3.8, 4) is 0 Å². The zero-order valence-electron chi connectivity index (χ0n) is 12.6. The van der Waals surface area contributed by atoms with Gasteiger partial charge in [0.15, 0.2) is 0 Å². The molecule has 0 saturated heterocycles. The highest BCUT2D eigenvalue weighted by molar-refractivity contribution is 6.42. The Bertz CT molecular complexity index is 736. The van der Waals surface area contributed by atoms with E-state index in [4.69, 9.17) is 23.2 Å². The average molecular weight is 369 g/mol. The van der Waals surface area contributed by atoms with Gasteiger partial charge >= 0.3 is 0 Å². The van der Waals surface area contributed by atoms with Crippen LogP contribution in [-0.2, 0) is 22.4 Å².